The van der Waals surface area contributed by atoms with E-state index in [0.717, 1.165) is 6.07 Å². The zero-order chi connectivity index (χ0) is 13.5. The molecular weight excluding hydrogens is 255 g/mol. The molecule has 1 aromatic carbocycles. The van der Waals surface area contributed by atoms with Gasteiger partial charge in [-0.25, -0.2) is 9.97 Å². The van der Waals surface area contributed by atoms with Crippen LogP contribution in [0.5, 0.6) is 0 Å². The molecule has 0 aliphatic rings. The Bertz CT molecular complexity index is 731. The van der Waals surface area contributed by atoms with Gasteiger partial charge in [0.2, 0.25) is 0 Å². The Balaban J connectivity index is 2.28. The number of fused-ring (bicyclic) bond motifs is 1. The number of halogens is 3. The van der Waals surface area contributed by atoms with E-state index in [4.69, 9.17) is 0 Å². The highest BCUT2D eigenvalue weighted by molar-refractivity contribution is 5.73. The summed E-state index contributed by atoms with van der Waals surface area (Å²) in [7, 11) is 0. The number of pyridine rings is 1. The van der Waals surface area contributed by atoms with E-state index in [1.54, 1.807) is 24.4 Å². The highest BCUT2D eigenvalue weighted by atomic mass is 19.4. The summed E-state index contributed by atoms with van der Waals surface area (Å²) in [6, 6.07) is 8.74. The summed E-state index contributed by atoms with van der Waals surface area (Å²) in [5, 5.41) is 0. The number of benzene rings is 1. The molecule has 3 nitrogen and oxygen atoms in total. The average molecular weight is 263 g/mol. The SMILES string of the molecule is FC(F)(F)c1ccccc1-n1cnc2ncccc21. The summed E-state index contributed by atoms with van der Waals surface area (Å²) in [6.45, 7) is 0. The molecule has 19 heavy (non-hydrogen) atoms. The monoisotopic (exact) mass is 263 g/mol. The van der Waals surface area contributed by atoms with Crippen LogP contribution in [-0.4, -0.2) is 14.5 Å². The van der Waals surface area contributed by atoms with E-state index in [1.165, 1.54) is 23.0 Å². The van der Waals surface area contributed by atoms with E-state index in [2.05, 4.69) is 9.97 Å². The predicted octanol–water partition coefficient (Wildman–Crippen LogP) is 3.44. The van der Waals surface area contributed by atoms with Crippen LogP contribution in [-0.2, 0) is 6.18 Å². The maximum atomic E-state index is 13.0. The number of para-hydroxylation sites is 1. The Labute approximate surface area is 106 Å². The molecule has 0 saturated carbocycles. The quantitative estimate of drug-likeness (QED) is 0.673. The minimum absolute atomic E-state index is 0.0468. The Morgan fingerprint density at radius 3 is 2.53 bits per heavy atom. The van der Waals surface area contributed by atoms with Gasteiger partial charge in [-0.1, -0.05) is 12.1 Å². The van der Waals surface area contributed by atoms with Gasteiger partial charge in [-0.2, -0.15) is 13.2 Å². The van der Waals surface area contributed by atoms with E-state index in [1.807, 2.05) is 0 Å². The molecule has 0 amide bonds. The van der Waals surface area contributed by atoms with E-state index in [0.29, 0.717) is 11.2 Å². The van der Waals surface area contributed by atoms with Gasteiger partial charge in [-0.15, -0.1) is 0 Å². The molecule has 0 bridgehead atoms. The number of nitrogens with zero attached hydrogens (tertiary/aromatic N) is 3. The topological polar surface area (TPSA) is 30.7 Å². The lowest BCUT2D eigenvalue weighted by atomic mass is 10.1. The van der Waals surface area contributed by atoms with E-state index < -0.39 is 11.7 Å². The van der Waals surface area contributed by atoms with Crippen LogP contribution < -0.4 is 0 Å². The number of imidazole rings is 1. The van der Waals surface area contributed by atoms with Crippen LogP contribution in [0, 0.1) is 0 Å². The number of alkyl halides is 3. The van der Waals surface area contributed by atoms with Crippen molar-refractivity contribution in [2.75, 3.05) is 0 Å². The van der Waals surface area contributed by atoms with Gasteiger partial charge in [-0.3, -0.25) is 4.57 Å². The van der Waals surface area contributed by atoms with Gasteiger partial charge in [0.05, 0.1) is 16.8 Å². The summed E-state index contributed by atoms with van der Waals surface area (Å²) in [6.07, 6.45) is -1.51. The van der Waals surface area contributed by atoms with Crippen molar-refractivity contribution in [3.05, 3.63) is 54.5 Å². The van der Waals surface area contributed by atoms with Gasteiger partial charge in [-0.05, 0) is 24.3 Å². The second-order valence-electron chi connectivity index (χ2n) is 3.98. The normalized spacial score (nSPS) is 11.9. The minimum Gasteiger partial charge on any atom is -0.297 e. The molecule has 0 aliphatic heterocycles. The molecule has 96 valence electrons. The Kier molecular flexibility index (Phi) is 2.51. The number of hydrogen-bond acceptors (Lipinski definition) is 2. The second kappa shape index (κ2) is 4.08. The van der Waals surface area contributed by atoms with Crippen molar-refractivity contribution in [1.82, 2.24) is 14.5 Å². The maximum absolute atomic E-state index is 13.0. The van der Waals surface area contributed by atoms with Crippen molar-refractivity contribution in [3.63, 3.8) is 0 Å². The van der Waals surface area contributed by atoms with E-state index in [-0.39, 0.29) is 5.69 Å². The molecule has 0 radical (unpaired) electrons. The second-order valence-corrected chi connectivity index (χ2v) is 3.98. The molecule has 0 N–H and O–H groups in total. The molecule has 0 aliphatic carbocycles. The molecule has 2 heterocycles. The van der Waals surface area contributed by atoms with Crippen LogP contribution in [0.3, 0.4) is 0 Å². The smallest absolute Gasteiger partial charge is 0.297 e. The van der Waals surface area contributed by atoms with Crippen molar-refractivity contribution in [3.8, 4) is 5.69 Å². The minimum atomic E-state index is -4.41. The first-order chi connectivity index (χ1) is 9.07. The van der Waals surface area contributed by atoms with Crippen LogP contribution >= 0.6 is 0 Å². The maximum Gasteiger partial charge on any atom is 0.418 e. The number of rotatable bonds is 1. The van der Waals surface area contributed by atoms with Crippen molar-refractivity contribution in [2.45, 2.75) is 6.18 Å². The standard InChI is InChI=1S/C13H8F3N3/c14-13(15,16)9-4-1-2-5-10(9)19-8-18-12-11(19)6-3-7-17-12/h1-8H. The van der Waals surface area contributed by atoms with Gasteiger partial charge < -0.3 is 0 Å². The first-order valence-electron chi connectivity index (χ1n) is 5.52. The fourth-order valence-corrected chi connectivity index (χ4v) is 1.97. The number of aromatic nitrogens is 3. The lowest BCUT2D eigenvalue weighted by molar-refractivity contribution is -0.137. The molecule has 0 fully saturated rings. The third kappa shape index (κ3) is 1.95. The Morgan fingerprint density at radius 1 is 0.947 bits per heavy atom. The highest BCUT2D eigenvalue weighted by Gasteiger charge is 2.33. The Hall–Kier alpha value is -2.37. The van der Waals surface area contributed by atoms with Gasteiger partial charge in [0.1, 0.15) is 6.33 Å². The van der Waals surface area contributed by atoms with Crippen LogP contribution in [0.2, 0.25) is 0 Å². The van der Waals surface area contributed by atoms with Crippen LogP contribution in [0.4, 0.5) is 13.2 Å². The van der Waals surface area contributed by atoms with Gasteiger partial charge in [0.15, 0.2) is 5.65 Å². The lowest BCUT2D eigenvalue weighted by Crippen LogP contribution is -2.10. The largest absolute Gasteiger partial charge is 0.418 e. The zero-order valence-electron chi connectivity index (χ0n) is 9.59. The Morgan fingerprint density at radius 2 is 1.74 bits per heavy atom. The summed E-state index contributed by atoms with van der Waals surface area (Å²) < 4.78 is 40.4. The first-order valence-corrected chi connectivity index (χ1v) is 5.52. The van der Waals surface area contributed by atoms with Crippen molar-refractivity contribution in [1.29, 1.82) is 0 Å². The van der Waals surface area contributed by atoms with Crippen LogP contribution in [0.25, 0.3) is 16.9 Å². The fraction of sp³-hybridized carbons (Fsp3) is 0.0769. The lowest BCUT2D eigenvalue weighted by Gasteiger charge is -2.13. The molecule has 2 aromatic heterocycles. The van der Waals surface area contributed by atoms with Crippen molar-refractivity contribution >= 4 is 11.2 Å². The molecule has 0 saturated heterocycles. The van der Waals surface area contributed by atoms with Crippen LogP contribution in [0.1, 0.15) is 5.56 Å². The van der Waals surface area contributed by atoms with Gasteiger partial charge in [0, 0.05) is 6.20 Å². The molecule has 6 heteroatoms. The predicted molar refractivity (Wildman–Crippen MR) is 63.9 cm³/mol. The summed E-state index contributed by atoms with van der Waals surface area (Å²) >= 11 is 0. The fourth-order valence-electron chi connectivity index (χ4n) is 1.97. The van der Waals surface area contributed by atoms with Crippen molar-refractivity contribution in [2.24, 2.45) is 0 Å². The first kappa shape index (κ1) is 11.7. The average Bonchev–Trinajstić information content (AvgIpc) is 2.81. The van der Waals surface area contributed by atoms with Crippen LogP contribution in [0.15, 0.2) is 48.9 Å². The molecule has 3 aromatic rings. The highest BCUT2D eigenvalue weighted by Crippen LogP contribution is 2.34. The summed E-state index contributed by atoms with van der Waals surface area (Å²) in [5.74, 6) is 0. The molecule has 3 rings (SSSR count). The molecule has 0 atom stereocenters. The summed E-state index contributed by atoms with van der Waals surface area (Å²) in [4.78, 5) is 8.01. The van der Waals surface area contributed by atoms with Gasteiger partial charge >= 0.3 is 6.18 Å². The zero-order valence-corrected chi connectivity index (χ0v) is 9.59. The third-order valence-electron chi connectivity index (χ3n) is 2.79. The number of hydrogen-bond donors (Lipinski definition) is 0. The molecule has 0 spiro atoms. The van der Waals surface area contributed by atoms with E-state index >= 15 is 0 Å². The van der Waals surface area contributed by atoms with Gasteiger partial charge in [0.25, 0.3) is 0 Å². The van der Waals surface area contributed by atoms with Crippen molar-refractivity contribution < 1.29 is 13.2 Å². The summed E-state index contributed by atoms with van der Waals surface area (Å²) in [5.41, 5.74) is 0.308. The molecule has 0 unspecified atom stereocenters. The third-order valence-corrected chi connectivity index (χ3v) is 2.79. The van der Waals surface area contributed by atoms with E-state index in [9.17, 15) is 13.2 Å². The molecular formula is C13H8F3N3.